The van der Waals surface area contributed by atoms with Crippen molar-refractivity contribution in [3.05, 3.63) is 0 Å². The summed E-state index contributed by atoms with van der Waals surface area (Å²) < 4.78 is 39.6. The molecule has 4 rings (SSSR count). The summed E-state index contributed by atoms with van der Waals surface area (Å²) in [5.74, 6) is 2.12. The first-order chi connectivity index (χ1) is 11.2. The van der Waals surface area contributed by atoms with Crippen LogP contribution >= 0.6 is 0 Å². The van der Waals surface area contributed by atoms with Crippen LogP contribution in [-0.4, -0.2) is 22.7 Å². The van der Waals surface area contributed by atoms with Crippen LogP contribution in [0.3, 0.4) is 0 Å². The maximum absolute atomic E-state index is 13.2. The van der Waals surface area contributed by atoms with Crippen LogP contribution in [0.2, 0.25) is 0 Å². The second-order valence-corrected chi connectivity index (χ2v) is 9.13. The summed E-state index contributed by atoms with van der Waals surface area (Å²) in [6, 6.07) is 0. The molecule has 0 spiro atoms. The van der Waals surface area contributed by atoms with Crippen molar-refractivity contribution < 1.29 is 23.1 Å². The number of Topliss-reactive ketones (excluding diaryl/α,β-unsaturated/α-hetero) is 1. The predicted octanol–water partition coefficient (Wildman–Crippen LogP) is 4.50. The lowest BCUT2D eigenvalue weighted by Crippen LogP contribution is -2.55. The molecular weight excluding hydrogens is 317 g/mol. The number of carbonyl (C=O) groups is 1. The maximum Gasteiger partial charge on any atom is 0.417 e. The minimum absolute atomic E-state index is 0.00640. The molecule has 4 saturated carbocycles. The Balaban J connectivity index is 1.54. The Morgan fingerprint density at radius 3 is 2.42 bits per heavy atom. The van der Waals surface area contributed by atoms with Gasteiger partial charge < -0.3 is 5.11 Å². The van der Waals surface area contributed by atoms with Gasteiger partial charge >= 0.3 is 6.18 Å². The molecule has 0 aromatic rings. The van der Waals surface area contributed by atoms with Crippen molar-refractivity contribution in [1.29, 1.82) is 0 Å². The molecule has 7 atom stereocenters. The van der Waals surface area contributed by atoms with Crippen LogP contribution in [-0.2, 0) is 4.79 Å². The molecule has 0 aliphatic heterocycles. The molecule has 5 heteroatoms. The number of hydrogen-bond donors (Lipinski definition) is 1. The van der Waals surface area contributed by atoms with Gasteiger partial charge in [0.1, 0.15) is 5.78 Å². The number of carbonyl (C=O) groups excluding carboxylic acids is 1. The number of fused-ring (bicyclic) bond motifs is 5. The minimum Gasteiger partial charge on any atom is -0.380 e. The van der Waals surface area contributed by atoms with Crippen LogP contribution in [0.1, 0.15) is 64.7 Å². The van der Waals surface area contributed by atoms with E-state index in [9.17, 15) is 23.1 Å². The quantitative estimate of drug-likeness (QED) is 0.702. The highest BCUT2D eigenvalue weighted by molar-refractivity contribution is 5.87. The second-order valence-electron chi connectivity index (χ2n) is 9.13. The summed E-state index contributed by atoms with van der Waals surface area (Å²) in [5.41, 5.74) is -2.65. The average molecular weight is 344 g/mol. The van der Waals surface area contributed by atoms with Crippen LogP contribution in [0.15, 0.2) is 0 Å². The van der Waals surface area contributed by atoms with E-state index in [1.807, 2.05) is 0 Å². The lowest BCUT2D eigenvalue weighted by Gasteiger charge is -2.56. The van der Waals surface area contributed by atoms with Crippen molar-refractivity contribution in [2.75, 3.05) is 0 Å². The van der Waals surface area contributed by atoms with E-state index in [1.165, 1.54) is 0 Å². The summed E-state index contributed by atoms with van der Waals surface area (Å²) in [5, 5.41) is 10.1. The Morgan fingerprint density at radius 1 is 1.00 bits per heavy atom. The standard InChI is InChI=1S/C19H27F3O2/c1-17-8-6-13-12-7-9-18(24,19(20,21)22)10-11(12)2-3-14(13)15(17)4-5-16(17)23/h11-15,24H,2-10H2,1H3/t11-,12+,13-,14-,15+,17+,18-/m1/s1. The molecule has 1 N–H and O–H groups in total. The summed E-state index contributed by atoms with van der Waals surface area (Å²) in [4.78, 5) is 12.3. The van der Waals surface area contributed by atoms with Crippen LogP contribution in [0, 0.1) is 35.0 Å². The monoisotopic (exact) mass is 344 g/mol. The number of ketones is 1. The summed E-state index contributed by atoms with van der Waals surface area (Å²) >= 11 is 0. The van der Waals surface area contributed by atoms with Crippen molar-refractivity contribution in [2.24, 2.45) is 35.0 Å². The van der Waals surface area contributed by atoms with Gasteiger partial charge in [0.05, 0.1) is 0 Å². The molecule has 0 saturated heterocycles. The maximum atomic E-state index is 13.2. The molecular formula is C19H27F3O2. The Hall–Kier alpha value is -0.580. The highest BCUT2D eigenvalue weighted by Gasteiger charge is 2.61. The first-order valence-corrected chi connectivity index (χ1v) is 9.48. The molecule has 0 bridgehead atoms. The highest BCUT2D eigenvalue weighted by atomic mass is 19.4. The minimum atomic E-state index is -4.52. The van der Waals surface area contributed by atoms with Gasteiger partial charge in [0.25, 0.3) is 0 Å². The molecule has 4 aliphatic carbocycles. The molecule has 4 fully saturated rings. The van der Waals surface area contributed by atoms with E-state index in [2.05, 4.69) is 6.92 Å². The number of alkyl halides is 3. The SMILES string of the molecule is C[C@]12CC[C@H]3[C@@H](CC[C@@H]4C[C@@](O)(C(F)(F)F)CC[C@@H]43)[C@@H]1CCC2=O. The second kappa shape index (κ2) is 5.21. The first kappa shape index (κ1) is 16.9. The Morgan fingerprint density at radius 2 is 1.71 bits per heavy atom. The zero-order valence-corrected chi connectivity index (χ0v) is 14.2. The zero-order valence-electron chi connectivity index (χ0n) is 14.2. The Kier molecular flexibility index (Phi) is 3.66. The molecule has 0 aromatic carbocycles. The highest BCUT2D eigenvalue weighted by Crippen LogP contribution is 2.62. The number of rotatable bonds is 0. The van der Waals surface area contributed by atoms with Crippen molar-refractivity contribution in [3.63, 3.8) is 0 Å². The van der Waals surface area contributed by atoms with E-state index in [0.717, 1.165) is 32.1 Å². The van der Waals surface area contributed by atoms with E-state index in [4.69, 9.17) is 0 Å². The third-order valence-electron chi connectivity index (χ3n) is 8.25. The normalized spacial score (nSPS) is 51.7. The smallest absolute Gasteiger partial charge is 0.380 e. The van der Waals surface area contributed by atoms with Gasteiger partial charge in [-0.1, -0.05) is 6.92 Å². The fourth-order valence-electron chi connectivity index (χ4n) is 6.91. The molecule has 0 unspecified atom stereocenters. The van der Waals surface area contributed by atoms with Crippen molar-refractivity contribution in [2.45, 2.75) is 76.5 Å². The van der Waals surface area contributed by atoms with Crippen LogP contribution in [0.25, 0.3) is 0 Å². The number of aliphatic hydroxyl groups is 1. The van der Waals surface area contributed by atoms with Gasteiger partial charge in [-0.25, -0.2) is 0 Å². The fourth-order valence-corrected chi connectivity index (χ4v) is 6.91. The molecule has 136 valence electrons. The summed E-state index contributed by atoms with van der Waals surface area (Å²) in [6.07, 6.45) is 0.967. The summed E-state index contributed by atoms with van der Waals surface area (Å²) in [7, 11) is 0. The van der Waals surface area contributed by atoms with Gasteiger partial charge in [-0.3, -0.25) is 4.79 Å². The molecule has 24 heavy (non-hydrogen) atoms. The number of halogens is 3. The topological polar surface area (TPSA) is 37.3 Å². The van der Waals surface area contributed by atoms with E-state index in [0.29, 0.717) is 42.3 Å². The van der Waals surface area contributed by atoms with Crippen LogP contribution < -0.4 is 0 Å². The van der Waals surface area contributed by atoms with Gasteiger partial charge in [-0.15, -0.1) is 0 Å². The van der Waals surface area contributed by atoms with Gasteiger partial charge in [-0.2, -0.15) is 13.2 Å². The fraction of sp³-hybridized carbons (Fsp3) is 0.947. The molecule has 4 aliphatic rings. The molecule has 0 aromatic heterocycles. The van der Waals surface area contributed by atoms with Crippen molar-refractivity contribution >= 4 is 5.78 Å². The predicted molar refractivity (Wildman–Crippen MR) is 83.1 cm³/mol. The zero-order chi connectivity index (χ0) is 17.3. The van der Waals surface area contributed by atoms with E-state index >= 15 is 0 Å². The molecule has 2 nitrogen and oxygen atoms in total. The third kappa shape index (κ3) is 2.22. The van der Waals surface area contributed by atoms with Gasteiger partial charge in [0.2, 0.25) is 0 Å². The first-order valence-electron chi connectivity index (χ1n) is 9.48. The Bertz CT molecular complexity index is 545. The van der Waals surface area contributed by atoms with Gasteiger partial charge in [0, 0.05) is 11.8 Å². The summed E-state index contributed by atoms with van der Waals surface area (Å²) in [6.45, 7) is 2.12. The average Bonchev–Trinajstić information content (AvgIpc) is 2.81. The Labute approximate surface area is 141 Å². The molecule has 0 heterocycles. The lowest BCUT2D eigenvalue weighted by atomic mass is 9.49. The molecule has 0 amide bonds. The van der Waals surface area contributed by atoms with Gasteiger partial charge in [0.15, 0.2) is 5.60 Å². The van der Waals surface area contributed by atoms with Crippen LogP contribution in [0.5, 0.6) is 0 Å². The number of hydrogen-bond acceptors (Lipinski definition) is 2. The van der Waals surface area contributed by atoms with E-state index in [1.54, 1.807) is 0 Å². The van der Waals surface area contributed by atoms with E-state index in [-0.39, 0.29) is 24.2 Å². The largest absolute Gasteiger partial charge is 0.417 e. The third-order valence-corrected chi connectivity index (χ3v) is 8.25. The lowest BCUT2D eigenvalue weighted by molar-refractivity contribution is -0.282. The van der Waals surface area contributed by atoms with Gasteiger partial charge in [-0.05, 0) is 81.0 Å². The molecule has 0 radical (unpaired) electrons. The van der Waals surface area contributed by atoms with E-state index < -0.39 is 11.8 Å². The van der Waals surface area contributed by atoms with Crippen LogP contribution in [0.4, 0.5) is 13.2 Å². The van der Waals surface area contributed by atoms with Crippen molar-refractivity contribution in [1.82, 2.24) is 0 Å². The van der Waals surface area contributed by atoms with Crippen molar-refractivity contribution in [3.8, 4) is 0 Å².